The largest absolute Gasteiger partial charge is 0.457 e. The normalized spacial score (nSPS) is 9.84. The highest BCUT2D eigenvalue weighted by Crippen LogP contribution is 2.27. The summed E-state index contributed by atoms with van der Waals surface area (Å²) in [5.74, 6) is 0.570. The first kappa shape index (κ1) is 25.7. The van der Waals surface area contributed by atoms with Crippen LogP contribution in [-0.4, -0.2) is 20.6 Å². The summed E-state index contributed by atoms with van der Waals surface area (Å²) in [6.45, 7) is 8.00. The molecule has 7 heteroatoms. The van der Waals surface area contributed by atoms with E-state index in [4.69, 9.17) is 4.74 Å². The van der Waals surface area contributed by atoms with Crippen LogP contribution in [0.15, 0.2) is 78.9 Å². The highest BCUT2D eigenvalue weighted by Gasteiger charge is 2.16. The Kier molecular flexibility index (Phi) is 10.8. The number of hydrogen-bond donors (Lipinski definition) is 2. The lowest BCUT2D eigenvalue weighted by molar-refractivity contribution is 0.102. The molecule has 0 unspecified atom stereocenters. The molecule has 0 aliphatic carbocycles. The average molecular weight is 443 g/mol. The van der Waals surface area contributed by atoms with Crippen LogP contribution in [0.2, 0.25) is 0 Å². The molecule has 0 spiro atoms. The Morgan fingerprint density at radius 1 is 0.774 bits per heavy atom. The number of sulfonamides is 1. The van der Waals surface area contributed by atoms with Crippen molar-refractivity contribution in [2.75, 3.05) is 16.3 Å². The molecule has 0 aliphatic rings. The Morgan fingerprint density at radius 3 is 1.87 bits per heavy atom. The summed E-state index contributed by atoms with van der Waals surface area (Å²) in [7, 11) is -3.55. The van der Waals surface area contributed by atoms with Gasteiger partial charge in [-0.15, -0.1) is 0 Å². The Bertz CT molecular complexity index is 1040. The maximum atomic E-state index is 12.7. The molecule has 3 rings (SSSR count). The minimum atomic E-state index is -3.55. The fraction of sp³-hybridized carbons (Fsp3) is 0.208. The Hall–Kier alpha value is -3.32. The van der Waals surface area contributed by atoms with Crippen molar-refractivity contribution in [2.45, 2.75) is 27.7 Å². The zero-order valence-electron chi connectivity index (χ0n) is 18.5. The van der Waals surface area contributed by atoms with E-state index in [0.29, 0.717) is 17.2 Å². The number of benzene rings is 3. The van der Waals surface area contributed by atoms with Crippen molar-refractivity contribution in [3.63, 3.8) is 0 Å². The van der Waals surface area contributed by atoms with Gasteiger partial charge < -0.3 is 10.1 Å². The summed E-state index contributed by atoms with van der Waals surface area (Å²) in [6.07, 6.45) is 1.03. The Morgan fingerprint density at radius 2 is 1.32 bits per heavy atom. The first-order chi connectivity index (χ1) is 14.9. The second-order valence-electron chi connectivity index (χ2n) is 5.82. The van der Waals surface area contributed by atoms with Crippen LogP contribution in [0.5, 0.6) is 11.5 Å². The number of carbonyl (C=O) groups is 1. The topological polar surface area (TPSA) is 84.5 Å². The van der Waals surface area contributed by atoms with Crippen molar-refractivity contribution in [1.82, 2.24) is 0 Å². The van der Waals surface area contributed by atoms with Crippen LogP contribution in [0.25, 0.3) is 0 Å². The summed E-state index contributed by atoms with van der Waals surface area (Å²) < 4.78 is 31.4. The van der Waals surface area contributed by atoms with Gasteiger partial charge in [0.25, 0.3) is 5.91 Å². The van der Waals surface area contributed by atoms with Gasteiger partial charge in [-0.05, 0) is 42.5 Å². The van der Waals surface area contributed by atoms with Gasteiger partial charge in [0, 0.05) is 5.69 Å². The zero-order chi connectivity index (χ0) is 23.3. The predicted molar refractivity (Wildman–Crippen MR) is 129 cm³/mol. The highest BCUT2D eigenvalue weighted by molar-refractivity contribution is 7.92. The third kappa shape index (κ3) is 8.92. The monoisotopic (exact) mass is 442 g/mol. The van der Waals surface area contributed by atoms with Gasteiger partial charge in [0.05, 0.1) is 17.5 Å². The molecule has 3 aromatic rings. The number of hydrogen-bond acceptors (Lipinski definition) is 4. The van der Waals surface area contributed by atoms with Gasteiger partial charge in [0.15, 0.2) is 0 Å². The molecular weight excluding hydrogens is 412 g/mol. The summed E-state index contributed by atoms with van der Waals surface area (Å²) in [6, 6.07) is 22.6. The first-order valence-corrected chi connectivity index (χ1v) is 12.0. The maximum absolute atomic E-state index is 12.7. The summed E-state index contributed by atoms with van der Waals surface area (Å²) in [4.78, 5) is 12.7. The number of rotatable bonds is 6. The van der Waals surface area contributed by atoms with E-state index < -0.39 is 15.9 Å². The first-order valence-electron chi connectivity index (χ1n) is 10.1. The van der Waals surface area contributed by atoms with Gasteiger partial charge >= 0.3 is 0 Å². The van der Waals surface area contributed by atoms with Crippen molar-refractivity contribution >= 4 is 27.3 Å². The quantitative estimate of drug-likeness (QED) is 0.479. The smallest absolute Gasteiger partial charge is 0.257 e. The van der Waals surface area contributed by atoms with Crippen molar-refractivity contribution in [3.8, 4) is 11.5 Å². The minimum absolute atomic E-state index is 0.151. The molecule has 0 fully saturated rings. The van der Waals surface area contributed by atoms with Crippen LogP contribution >= 0.6 is 0 Å². The molecule has 3 aromatic carbocycles. The van der Waals surface area contributed by atoms with Crippen LogP contribution in [0.1, 0.15) is 38.1 Å². The van der Waals surface area contributed by atoms with Gasteiger partial charge in [-0.3, -0.25) is 9.52 Å². The lowest BCUT2D eigenvalue weighted by Crippen LogP contribution is -2.17. The fourth-order valence-electron chi connectivity index (χ4n) is 2.41. The van der Waals surface area contributed by atoms with Gasteiger partial charge in [0.2, 0.25) is 10.0 Å². The Balaban J connectivity index is 0.00000113. The summed E-state index contributed by atoms with van der Waals surface area (Å²) >= 11 is 0. The van der Waals surface area contributed by atoms with E-state index in [2.05, 4.69) is 10.0 Å². The molecule has 2 N–H and O–H groups in total. The summed E-state index contributed by atoms with van der Waals surface area (Å²) in [5, 5.41) is 2.75. The van der Waals surface area contributed by atoms with Crippen molar-refractivity contribution in [2.24, 2.45) is 0 Å². The van der Waals surface area contributed by atoms with E-state index in [9.17, 15) is 13.2 Å². The SMILES string of the molecule is CC.CC.CS(=O)(=O)Nc1ccc(Oc2ccccc2)cc1C(=O)Nc1ccccc1. The maximum Gasteiger partial charge on any atom is 0.257 e. The second-order valence-corrected chi connectivity index (χ2v) is 7.57. The second kappa shape index (κ2) is 13.1. The standard InChI is InChI=1S/C20H18N2O4S.2C2H6/c1-27(24,25)22-19-13-12-17(26-16-10-6-3-7-11-16)14-18(19)20(23)21-15-8-4-2-5-9-15;2*1-2/h2-14,22H,1H3,(H,21,23);2*1-2H3. The number of para-hydroxylation sites is 2. The molecule has 0 radical (unpaired) electrons. The number of nitrogens with one attached hydrogen (secondary N) is 2. The van der Waals surface area contributed by atoms with Crippen molar-refractivity contribution < 1.29 is 17.9 Å². The van der Waals surface area contributed by atoms with E-state index in [0.717, 1.165) is 6.26 Å². The third-order valence-corrected chi connectivity index (χ3v) is 4.13. The van der Waals surface area contributed by atoms with Crippen LogP contribution in [-0.2, 0) is 10.0 Å². The van der Waals surface area contributed by atoms with Gasteiger partial charge in [-0.2, -0.15) is 0 Å². The molecule has 166 valence electrons. The fourth-order valence-corrected chi connectivity index (χ4v) is 2.99. The van der Waals surface area contributed by atoms with Crippen LogP contribution < -0.4 is 14.8 Å². The lowest BCUT2D eigenvalue weighted by atomic mass is 10.1. The van der Waals surface area contributed by atoms with Crippen LogP contribution in [0.4, 0.5) is 11.4 Å². The number of carbonyl (C=O) groups excluding carboxylic acids is 1. The molecule has 0 bridgehead atoms. The molecule has 0 aromatic heterocycles. The number of anilines is 2. The van der Waals surface area contributed by atoms with Crippen molar-refractivity contribution in [3.05, 3.63) is 84.4 Å². The van der Waals surface area contributed by atoms with E-state index >= 15 is 0 Å². The highest BCUT2D eigenvalue weighted by atomic mass is 32.2. The van der Waals surface area contributed by atoms with E-state index in [1.54, 1.807) is 42.5 Å². The molecule has 0 heterocycles. The predicted octanol–water partition coefficient (Wildman–Crippen LogP) is 6.16. The molecule has 1 amide bonds. The minimum Gasteiger partial charge on any atom is -0.457 e. The molecule has 0 saturated carbocycles. The molecule has 6 nitrogen and oxygen atoms in total. The Labute approximate surface area is 185 Å². The number of ether oxygens (including phenoxy) is 1. The van der Waals surface area contributed by atoms with E-state index in [1.165, 1.54) is 12.1 Å². The van der Waals surface area contributed by atoms with Gasteiger partial charge in [-0.1, -0.05) is 64.1 Å². The van der Waals surface area contributed by atoms with Crippen LogP contribution in [0, 0.1) is 0 Å². The average Bonchev–Trinajstić information content (AvgIpc) is 2.78. The van der Waals surface area contributed by atoms with Gasteiger partial charge in [-0.25, -0.2) is 8.42 Å². The zero-order valence-corrected chi connectivity index (χ0v) is 19.4. The molecule has 0 saturated heterocycles. The van der Waals surface area contributed by atoms with Crippen LogP contribution in [0.3, 0.4) is 0 Å². The molecule has 0 atom stereocenters. The van der Waals surface area contributed by atoms with Crippen molar-refractivity contribution in [1.29, 1.82) is 0 Å². The lowest BCUT2D eigenvalue weighted by Gasteiger charge is -2.13. The molecule has 31 heavy (non-hydrogen) atoms. The van der Waals surface area contributed by atoms with Gasteiger partial charge in [0.1, 0.15) is 11.5 Å². The summed E-state index contributed by atoms with van der Waals surface area (Å²) in [5.41, 5.74) is 0.922. The number of amides is 1. The molecular formula is C24H30N2O4S. The van der Waals surface area contributed by atoms with E-state index in [1.807, 2.05) is 52.0 Å². The third-order valence-electron chi connectivity index (χ3n) is 3.54. The molecule has 0 aliphatic heterocycles. The van der Waals surface area contributed by atoms with E-state index in [-0.39, 0.29) is 11.3 Å².